The first-order valence-electron chi connectivity index (χ1n) is 6.25. The zero-order valence-electron chi connectivity index (χ0n) is 11.8. The van der Waals surface area contributed by atoms with Crippen LogP contribution in [0.5, 0.6) is 0 Å². The Balaban J connectivity index is 2.36. The third kappa shape index (κ3) is 6.91. The third-order valence-electron chi connectivity index (χ3n) is 2.20. The molecule has 0 aromatic heterocycles. The molecule has 1 aromatic carbocycles. The highest BCUT2D eigenvalue weighted by atomic mass is 35.5. The summed E-state index contributed by atoms with van der Waals surface area (Å²) in [4.78, 5) is 11.6. The van der Waals surface area contributed by atoms with E-state index >= 15 is 0 Å². The van der Waals surface area contributed by atoms with Crippen molar-refractivity contribution in [2.75, 3.05) is 11.9 Å². The van der Waals surface area contributed by atoms with Crippen molar-refractivity contribution in [1.82, 2.24) is 5.32 Å². The maximum absolute atomic E-state index is 11.6. The number of alkyl carbamates (subject to hydrolysis) is 1. The summed E-state index contributed by atoms with van der Waals surface area (Å²) in [7, 11) is 0. The lowest BCUT2D eigenvalue weighted by Crippen LogP contribution is -2.40. The fourth-order valence-electron chi connectivity index (χ4n) is 1.43. The van der Waals surface area contributed by atoms with Gasteiger partial charge in [0, 0.05) is 23.3 Å². The Hall–Kier alpha value is -1.42. The van der Waals surface area contributed by atoms with E-state index in [4.69, 9.17) is 16.3 Å². The fourth-order valence-corrected chi connectivity index (χ4v) is 1.62. The molecule has 0 saturated carbocycles. The van der Waals surface area contributed by atoms with E-state index in [1.165, 1.54) is 0 Å². The van der Waals surface area contributed by atoms with E-state index in [0.717, 1.165) is 5.69 Å². The number of hydrogen-bond donors (Lipinski definition) is 2. The van der Waals surface area contributed by atoms with Crippen LogP contribution < -0.4 is 10.6 Å². The number of benzene rings is 1. The molecule has 4 nitrogen and oxygen atoms in total. The molecule has 0 fully saturated rings. The van der Waals surface area contributed by atoms with Crippen LogP contribution in [0.2, 0.25) is 5.02 Å². The van der Waals surface area contributed by atoms with E-state index in [-0.39, 0.29) is 6.04 Å². The number of carbonyl (C=O) groups excluding carboxylic acids is 1. The van der Waals surface area contributed by atoms with Gasteiger partial charge in [-0.15, -0.1) is 0 Å². The van der Waals surface area contributed by atoms with E-state index in [0.29, 0.717) is 11.6 Å². The number of nitrogens with one attached hydrogen (secondary N) is 2. The highest BCUT2D eigenvalue weighted by Gasteiger charge is 2.17. The molecular weight excluding hydrogens is 264 g/mol. The van der Waals surface area contributed by atoms with Crippen molar-refractivity contribution < 1.29 is 9.53 Å². The van der Waals surface area contributed by atoms with Gasteiger partial charge in [0.15, 0.2) is 0 Å². The van der Waals surface area contributed by atoms with Crippen molar-refractivity contribution in [2.24, 2.45) is 0 Å². The Morgan fingerprint density at radius 1 is 1.42 bits per heavy atom. The van der Waals surface area contributed by atoms with Gasteiger partial charge < -0.3 is 15.4 Å². The molecule has 5 heteroatoms. The molecule has 19 heavy (non-hydrogen) atoms. The van der Waals surface area contributed by atoms with Crippen LogP contribution >= 0.6 is 11.6 Å². The van der Waals surface area contributed by atoms with Crippen LogP contribution in [0, 0.1) is 0 Å². The van der Waals surface area contributed by atoms with E-state index < -0.39 is 11.7 Å². The number of halogens is 1. The number of hydrogen-bond acceptors (Lipinski definition) is 3. The second-order valence-electron chi connectivity index (χ2n) is 5.44. The van der Waals surface area contributed by atoms with E-state index in [1.54, 1.807) is 0 Å². The minimum Gasteiger partial charge on any atom is -0.444 e. The average Bonchev–Trinajstić information content (AvgIpc) is 2.23. The van der Waals surface area contributed by atoms with Crippen molar-refractivity contribution in [3.8, 4) is 0 Å². The lowest BCUT2D eigenvalue weighted by molar-refractivity contribution is 0.0511. The smallest absolute Gasteiger partial charge is 0.407 e. The molecule has 0 unspecified atom stereocenters. The molecule has 0 radical (unpaired) electrons. The Kier molecular flexibility index (Phi) is 5.48. The zero-order valence-corrected chi connectivity index (χ0v) is 12.5. The first kappa shape index (κ1) is 15.6. The molecule has 0 aliphatic heterocycles. The molecule has 0 bridgehead atoms. The Morgan fingerprint density at radius 2 is 2.11 bits per heavy atom. The van der Waals surface area contributed by atoms with Crippen LogP contribution in [-0.2, 0) is 4.74 Å². The summed E-state index contributed by atoms with van der Waals surface area (Å²) in [5.41, 5.74) is 0.440. The van der Waals surface area contributed by atoms with Gasteiger partial charge in [-0.25, -0.2) is 4.79 Å². The van der Waals surface area contributed by atoms with Crippen molar-refractivity contribution in [3.05, 3.63) is 29.3 Å². The van der Waals surface area contributed by atoms with Crippen LogP contribution in [0.4, 0.5) is 10.5 Å². The lowest BCUT2D eigenvalue weighted by atomic mass is 10.2. The van der Waals surface area contributed by atoms with Gasteiger partial charge in [-0.1, -0.05) is 17.7 Å². The predicted molar refractivity (Wildman–Crippen MR) is 78.8 cm³/mol. The number of rotatable bonds is 4. The quantitative estimate of drug-likeness (QED) is 0.887. The molecule has 0 aliphatic carbocycles. The van der Waals surface area contributed by atoms with Gasteiger partial charge in [0.2, 0.25) is 0 Å². The van der Waals surface area contributed by atoms with Crippen LogP contribution in [0.1, 0.15) is 27.7 Å². The number of amides is 1. The molecule has 1 aromatic rings. The molecule has 0 saturated heterocycles. The molecule has 0 aliphatic rings. The summed E-state index contributed by atoms with van der Waals surface area (Å²) in [6, 6.07) is 7.40. The van der Waals surface area contributed by atoms with Crippen molar-refractivity contribution in [2.45, 2.75) is 39.3 Å². The van der Waals surface area contributed by atoms with Gasteiger partial charge in [0.1, 0.15) is 5.60 Å². The van der Waals surface area contributed by atoms with Crippen LogP contribution in [-0.4, -0.2) is 24.3 Å². The van der Waals surface area contributed by atoms with Gasteiger partial charge in [-0.3, -0.25) is 0 Å². The first-order valence-corrected chi connectivity index (χ1v) is 6.63. The lowest BCUT2D eigenvalue weighted by Gasteiger charge is -2.22. The minimum absolute atomic E-state index is 0.0474. The molecule has 2 N–H and O–H groups in total. The summed E-state index contributed by atoms with van der Waals surface area (Å²) in [5.74, 6) is 0. The maximum atomic E-state index is 11.6. The second kappa shape index (κ2) is 6.66. The van der Waals surface area contributed by atoms with E-state index in [9.17, 15) is 4.79 Å². The normalized spacial score (nSPS) is 12.7. The molecule has 1 amide bonds. The van der Waals surface area contributed by atoms with Gasteiger partial charge in [-0.05, 0) is 45.9 Å². The third-order valence-corrected chi connectivity index (χ3v) is 2.44. The minimum atomic E-state index is -0.482. The SMILES string of the molecule is C[C@H](CNc1cccc(Cl)c1)NC(=O)OC(C)(C)C. The van der Waals surface area contributed by atoms with E-state index in [2.05, 4.69) is 10.6 Å². The monoisotopic (exact) mass is 284 g/mol. The summed E-state index contributed by atoms with van der Waals surface area (Å²) < 4.78 is 5.18. The van der Waals surface area contributed by atoms with Gasteiger partial charge >= 0.3 is 6.09 Å². The van der Waals surface area contributed by atoms with Crippen molar-refractivity contribution in [1.29, 1.82) is 0 Å². The first-order chi connectivity index (χ1) is 8.76. The summed E-state index contributed by atoms with van der Waals surface area (Å²) in [6.45, 7) is 8.01. The summed E-state index contributed by atoms with van der Waals surface area (Å²) in [5, 5.41) is 6.64. The van der Waals surface area contributed by atoms with Crippen LogP contribution in [0.15, 0.2) is 24.3 Å². The highest BCUT2D eigenvalue weighted by Crippen LogP contribution is 2.14. The van der Waals surface area contributed by atoms with Gasteiger partial charge in [0.05, 0.1) is 0 Å². The molecular formula is C14H21ClN2O2. The Labute approximate surface area is 119 Å². The predicted octanol–water partition coefficient (Wildman–Crippen LogP) is 3.67. The molecule has 1 rings (SSSR count). The summed E-state index contributed by atoms with van der Waals surface area (Å²) in [6.07, 6.45) is -0.409. The average molecular weight is 285 g/mol. The number of anilines is 1. The Morgan fingerprint density at radius 3 is 2.68 bits per heavy atom. The summed E-state index contributed by atoms with van der Waals surface area (Å²) >= 11 is 5.89. The molecule has 106 valence electrons. The molecule has 0 spiro atoms. The molecule has 1 atom stereocenters. The van der Waals surface area contributed by atoms with Gasteiger partial charge in [-0.2, -0.15) is 0 Å². The van der Waals surface area contributed by atoms with Crippen LogP contribution in [0.25, 0.3) is 0 Å². The van der Waals surface area contributed by atoms with Crippen molar-refractivity contribution in [3.63, 3.8) is 0 Å². The van der Waals surface area contributed by atoms with Crippen molar-refractivity contribution >= 4 is 23.4 Å². The fraction of sp³-hybridized carbons (Fsp3) is 0.500. The zero-order chi connectivity index (χ0) is 14.5. The maximum Gasteiger partial charge on any atom is 0.407 e. The standard InChI is InChI=1S/C14H21ClN2O2/c1-10(17-13(18)19-14(2,3)4)9-16-12-7-5-6-11(15)8-12/h5-8,10,16H,9H2,1-4H3,(H,17,18)/t10-/m1/s1. The second-order valence-corrected chi connectivity index (χ2v) is 5.87. The topological polar surface area (TPSA) is 50.4 Å². The van der Waals surface area contributed by atoms with Crippen LogP contribution in [0.3, 0.4) is 0 Å². The largest absolute Gasteiger partial charge is 0.444 e. The van der Waals surface area contributed by atoms with Gasteiger partial charge in [0.25, 0.3) is 0 Å². The number of carbonyl (C=O) groups is 1. The highest BCUT2D eigenvalue weighted by molar-refractivity contribution is 6.30. The van der Waals surface area contributed by atoms with E-state index in [1.807, 2.05) is 52.0 Å². The number of ether oxygens (including phenoxy) is 1. The molecule has 0 heterocycles. The Bertz CT molecular complexity index is 430.